The largest absolute Gasteiger partial charge is 0.383 e. The minimum absolute atomic E-state index is 0.471. The van der Waals surface area contributed by atoms with E-state index in [1.165, 1.54) is 11.1 Å². The van der Waals surface area contributed by atoms with Crippen molar-refractivity contribution in [1.82, 2.24) is 9.55 Å². The summed E-state index contributed by atoms with van der Waals surface area (Å²) in [4.78, 5) is 4.73. The lowest BCUT2D eigenvalue weighted by molar-refractivity contribution is 0.733. The van der Waals surface area contributed by atoms with Crippen molar-refractivity contribution in [2.75, 3.05) is 5.73 Å². The fraction of sp³-hybridized carbons (Fsp3) is 0.353. The first-order chi connectivity index (χ1) is 9.58. The van der Waals surface area contributed by atoms with Crippen molar-refractivity contribution in [2.45, 2.75) is 40.2 Å². The number of anilines is 1. The van der Waals surface area contributed by atoms with Crippen molar-refractivity contribution in [3.05, 3.63) is 35.2 Å². The first kappa shape index (κ1) is 14.2. The van der Waals surface area contributed by atoms with E-state index >= 15 is 0 Å². The number of hydrogen-bond donors (Lipinski definition) is 1. The number of nitrogens with two attached hydrogens (primary N) is 1. The highest BCUT2D eigenvalue weighted by Crippen LogP contribution is 2.30. The average molecular weight is 267 g/mol. The van der Waals surface area contributed by atoms with Gasteiger partial charge in [-0.05, 0) is 31.9 Å². The van der Waals surface area contributed by atoms with E-state index in [1.54, 1.807) is 0 Å². The second kappa shape index (κ2) is 5.83. The van der Waals surface area contributed by atoms with E-state index in [1.807, 2.05) is 4.57 Å². The van der Waals surface area contributed by atoms with Gasteiger partial charge in [-0.25, -0.2) is 4.98 Å². The summed E-state index contributed by atoms with van der Waals surface area (Å²) >= 11 is 0. The molecule has 1 aromatic heterocycles. The summed E-state index contributed by atoms with van der Waals surface area (Å²) in [6, 6.07) is 6.33. The summed E-state index contributed by atoms with van der Waals surface area (Å²) < 4.78 is 1.95. The van der Waals surface area contributed by atoms with Gasteiger partial charge in [0.15, 0.2) is 0 Å². The van der Waals surface area contributed by atoms with Gasteiger partial charge in [0.2, 0.25) is 0 Å². The fourth-order valence-corrected chi connectivity index (χ4v) is 2.38. The Morgan fingerprint density at radius 2 is 2.10 bits per heavy atom. The Labute approximate surface area is 120 Å². The lowest BCUT2D eigenvalue weighted by Gasteiger charge is -2.07. The average Bonchev–Trinajstić information content (AvgIpc) is 2.71. The van der Waals surface area contributed by atoms with Gasteiger partial charge >= 0.3 is 0 Å². The molecule has 0 spiro atoms. The maximum atomic E-state index is 6.28. The second-order valence-electron chi connectivity index (χ2n) is 5.12. The maximum Gasteiger partial charge on any atom is 0.132 e. The normalized spacial score (nSPS) is 10.5. The third kappa shape index (κ3) is 2.55. The van der Waals surface area contributed by atoms with Crippen LogP contribution in [0.5, 0.6) is 0 Å². The summed E-state index contributed by atoms with van der Waals surface area (Å²) in [5.41, 5.74) is 10.6. The minimum Gasteiger partial charge on any atom is -0.383 e. The Morgan fingerprint density at radius 1 is 1.35 bits per heavy atom. The number of terminal acetylenes is 1. The van der Waals surface area contributed by atoms with Gasteiger partial charge in [-0.15, -0.1) is 6.42 Å². The van der Waals surface area contributed by atoms with Crippen molar-refractivity contribution in [1.29, 1.82) is 0 Å². The van der Waals surface area contributed by atoms with Crippen LogP contribution in [0, 0.1) is 26.2 Å². The zero-order valence-electron chi connectivity index (χ0n) is 12.4. The maximum absolute atomic E-state index is 6.28. The topological polar surface area (TPSA) is 43.8 Å². The Hall–Kier alpha value is -2.21. The van der Waals surface area contributed by atoms with E-state index < -0.39 is 0 Å². The highest BCUT2D eigenvalue weighted by molar-refractivity contribution is 5.74. The Morgan fingerprint density at radius 3 is 2.75 bits per heavy atom. The van der Waals surface area contributed by atoms with Crippen LogP contribution in [0.25, 0.3) is 11.3 Å². The minimum atomic E-state index is 0.471. The third-order valence-electron chi connectivity index (χ3n) is 3.46. The first-order valence-corrected chi connectivity index (χ1v) is 6.94. The van der Waals surface area contributed by atoms with Crippen molar-refractivity contribution < 1.29 is 0 Å². The van der Waals surface area contributed by atoms with Crippen LogP contribution in [0.15, 0.2) is 18.2 Å². The summed E-state index contributed by atoms with van der Waals surface area (Å²) in [5.74, 6) is 4.30. The standard InChI is InChI=1S/C17H21N3/c1-5-7-15-19-16(17(18)20(15)10-6-2)14-11-12(3)8-9-13(14)4/h2,8-9,11H,5,7,10,18H2,1,3-4H3. The number of rotatable bonds is 4. The van der Waals surface area contributed by atoms with Gasteiger partial charge in [-0.3, -0.25) is 0 Å². The molecule has 104 valence electrons. The molecule has 20 heavy (non-hydrogen) atoms. The van der Waals surface area contributed by atoms with Crippen molar-refractivity contribution >= 4 is 5.82 Å². The molecular formula is C17H21N3. The molecule has 3 nitrogen and oxygen atoms in total. The molecule has 0 aliphatic heterocycles. The Balaban J connectivity index is 2.60. The molecule has 0 saturated heterocycles. The number of benzene rings is 1. The van der Waals surface area contributed by atoms with Gasteiger partial charge in [0.25, 0.3) is 0 Å². The molecular weight excluding hydrogens is 246 g/mol. The zero-order chi connectivity index (χ0) is 14.7. The van der Waals surface area contributed by atoms with Crippen LogP contribution in [-0.4, -0.2) is 9.55 Å². The summed E-state index contributed by atoms with van der Waals surface area (Å²) in [7, 11) is 0. The van der Waals surface area contributed by atoms with Crippen molar-refractivity contribution in [2.24, 2.45) is 0 Å². The number of nitrogens with zero attached hydrogens (tertiary/aromatic N) is 2. The number of hydrogen-bond acceptors (Lipinski definition) is 2. The van der Waals surface area contributed by atoms with Gasteiger partial charge in [0.1, 0.15) is 17.3 Å². The third-order valence-corrected chi connectivity index (χ3v) is 3.46. The van der Waals surface area contributed by atoms with Gasteiger partial charge in [0, 0.05) is 12.0 Å². The van der Waals surface area contributed by atoms with E-state index in [2.05, 4.69) is 44.9 Å². The molecule has 0 atom stereocenters. The molecule has 2 aromatic rings. The van der Waals surface area contributed by atoms with Crippen LogP contribution in [0.3, 0.4) is 0 Å². The molecule has 0 bridgehead atoms. The van der Waals surface area contributed by atoms with Gasteiger partial charge in [0.05, 0.1) is 6.54 Å². The van der Waals surface area contributed by atoms with Crippen LogP contribution < -0.4 is 5.73 Å². The molecule has 0 fully saturated rings. The molecule has 0 aliphatic carbocycles. The summed E-state index contributed by atoms with van der Waals surface area (Å²) in [6.45, 7) is 6.75. The van der Waals surface area contributed by atoms with Crippen LogP contribution in [-0.2, 0) is 13.0 Å². The van der Waals surface area contributed by atoms with Crippen molar-refractivity contribution in [3.8, 4) is 23.6 Å². The van der Waals surface area contributed by atoms with E-state index in [0.717, 1.165) is 29.9 Å². The zero-order valence-corrected chi connectivity index (χ0v) is 12.4. The fourth-order valence-electron chi connectivity index (χ4n) is 2.38. The predicted octanol–water partition coefficient (Wildman–Crippen LogP) is 3.33. The van der Waals surface area contributed by atoms with E-state index in [9.17, 15) is 0 Å². The summed E-state index contributed by atoms with van der Waals surface area (Å²) in [6.07, 6.45) is 7.35. The van der Waals surface area contributed by atoms with Crippen LogP contribution >= 0.6 is 0 Å². The quantitative estimate of drug-likeness (QED) is 0.863. The number of aryl methyl sites for hydroxylation is 3. The van der Waals surface area contributed by atoms with Crippen molar-refractivity contribution in [3.63, 3.8) is 0 Å². The monoisotopic (exact) mass is 267 g/mol. The molecule has 2 rings (SSSR count). The van der Waals surface area contributed by atoms with Crippen LogP contribution in [0.1, 0.15) is 30.3 Å². The molecule has 0 aliphatic rings. The number of imidazole rings is 1. The SMILES string of the molecule is C#CCn1c(CCC)nc(-c2cc(C)ccc2C)c1N. The highest BCUT2D eigenvalue weighted by Gasteiger charge is 2.16. The smallest absolute Gasteiger partial charge is 0.132 e. The molecule has 1 aromatic carbocycles. The number of nitrogen functional groups attached to an aromatic ring is 1. The Bertz CT molecular complexity index is 660. The van der Waals surface area contributed by atoms with Gasteiger partial charge < -0.3 is 10.3 Å². The number of aromatic nitrogens is 2. The van der Waals surface area contributed by atoms with E-state index in [0.29, 0.717) is 12.4 Å². The lowest BCUT2D eigenvalue weighted by Crippen LogP contribution is -2.06. The Kier molecular flexibility index (Phi) is 4.14. The van der Waals surface area contributed by atoms with Gasteiger partial charge in [-0.2, -0.15) is 0 Å². The summed E-state index contributed by atoms with van der Waals surface area (Å²) in [5, 5.41) is 0. The van der Waals surface area contributed by atoms with E-state index in [4.69, 9.17) is 17.1 Å². The predicted molar refractivity (Wildman–Crippen MR) is 84.4 cm³/mol. The molecule has 0 saturated carbocycles. The van der Waals surface area contributed by atoms with Gasteiger partial charge in [-0.1, -0.05) is 30.5 Å². The van der Waals surface area contributed by atoms with Crippen LogP contribution in [0.4, 0.5) is 5.82 Å². The molecule has 0 radical (unpaired) electrons. The molecule has 0 amide bonds. The van der Waals surface area contributed by atoms with Crippen LogP contribution in [0.2, 0.25) is 0 Å². The first-order valence-electron chi connectivity index (χ1n) is 6.94. The molecule has 2 N–H and O–H groups in total. The lowest BCUT2D eigenvalue weighted by atomic mass is 10.0. The molecule has 1 heterocycles. The second-order valence-corrected chi connectivity index (χ2v) is 5.12. The highest BCUT2D eigenvalue weighted by atomic mass is 15.1. The molecule has 0 unspecified atom stereocenters. The van der Waals surface area contributed by atoms with E-state index in [-0.39, 0.29) is 0 Å². The molecule has 3 heteroatoms.